The molecular formula is C10H11FN2O3S. The van der Waals surface area contributed by atoms with Gasteiger partial charge in [-0.1, -0.05) is 6.07 Å². The Hall–Kier alpha value is -1.47. The van der Waals surface area contributed by atoms with Crippen LogP contribution < -0.4 is 5.32 Å². The first-order chi connectivity index (χ1) is 8.00. The van der Waals surface area contributed by atoms with Crippen LogP contribution >= 0.6 is 0 Å². The van der Waals surface area contributed by atoms with Gasteiger partial charge < -0.3 is 5.32 Å². The summed E-state index contributed by atoms with van der Waals surface area (Å²) in [6, 6.07) is 4.75. The van der Waals surface area contributed by atoms with Crippen LogP contribution in [0.2, 0.25) is 0 Å². The number of rotatable bonds is 2. The SMILES string of the molecule is O=C1CN(S(=O)(=O)c2cccc(F)c2)CCN1. The summed E-state index contributed by atoms with van der Waals surface area (Å²) in [6.45, 7) is 0.247. The second-order valence-corrected chi connectivity index (χ2v) is 5.58. The highest BCUT2D eigenvalue weighted by atomic mass is 32.2. The summed E-state index contributed by atoms with van der Waals surface area (Å²) in [5, 5.41) is 2.53. The highest BCUT2D eigenvalue weighted by Crippen LogP contribution is 2.16. The topological polar surface area (TPSA) is 66.5 Å². The molecule has 92 valence electrons. The lowest BCUT2D eigenvalue weighted by Gasteiger charge is -2.25. The minimum Gasteiger partial charge on any atom is -0.354 e. The maximum atomic E-state index is 13.0. The average molecular weight is 258 g/mol. The Labute approximate surface area is 98.3 Å². The lowest BCUT2D eigenvalue weighted by atomic mass is 10.4. The number of hydrogen-bond acceptors (Lipinski definition) is 3. The van der Waals surface area contributed by atoms with Crippen LogP contribution in [0.25, 0.3) is 0 Å². The summed E-state index contributed by atoms with van der Waals surface area (Å²) >= 11 is 0. The van der Waals surface area contributed by atoms with E-state index in [2.05, 4.69) is 5.32 Å². The smallest absolute Gasteiger partial charge is 0.243 e. The van der Waals surface area contributed by atoms with Gasteiger partial charge in [0.05, 0.1) is 11.4 Å². The van der Waals surface area contributed by atoms with Crippen LogP contribution in [-0.2, 0) is 14.8 Å². The van der Waals surface area contributed by atoms with E-state index in [0.29, 0.717) is 0 Å². The molecule has 1 saturated heterocycles. The van der Waals surface area contributed by atoms with Crippen molar-refractivity contribution in [3.8, 4) is 0 Å². The molecule has 0 aliphatic carbocycles. The monoisotopic (exact) mass is 258 g/mol. The summed E-state index contributed by atoms with van der Waals surface area (Å²) in [5.74, 6) is -0.969. The zero-order valence-electron chi connectivity index (χ0n) is 8.89. The number of sulfonamides is 1. The van der Waals surface area contributed by atoms with Gasteiger partial charge in [0.25, 0.3) is 0 Å². The van der Waals surface area contributed by atoms with E-state index in [1.54, 1.807) is 0 Å². The summed E-state index contributed by atoms with van der Waals surface area (Å²) in [6.07, 6.45) is 0. The molecule has 1 aromatic rings. The van der Waals surface area contributed by atoms with E-state index >= 15 is 0 Å². The molecule has 5 nitrogen and oxygen atoms in total. The van der Waals surface area contributed by atoms with Crippen LogP contribution in [0.4, 0.5) is 4.39 Å². The van der Waals surface area contributed by atoms with Crippen molar-refractivity contribution in [2.24, 2.45) is 0 Å². The van der Waals surface area contributed by atoms with E-state index in [-0.39, 0.29) is 30.4 Å². The van der Waals surface area contributed by atoms with Gasteiger partial charge in [-0.2, -0.15) is 4.31 Å². The maximum absolute atomic E-state index is 13.0. The lowest BCUT2D eigenvalue weighted by Crippen LogP contribution is -2.49. The zero-order valence-corrected chi connectivity index (χ0v) is 9.71. The van der Waals surface area contributed by atoms with Crippen molar-refractivity contribution in [2.75, 3.05) is 19.6 Å². The number of benzene rings is 1. The third-order valence-electron chi connectivity index (χ3n) is 2.44. The number of halogens is 1. The first kappa shape index (κ1) is 12.0. The molecule has 0 saturated carbocycles. The second kappa shape index (κ2) is 4.42. The summed E-state index contributed by atoms with van der Waals surface area (Å²) in [4.78, 5) is 11.0. The molecule has 1 heterocycles. The Bertz CT molecular complexity index is 544. The zero-order chi connectivity index (χ0) is 12.5. The van der Waals surface area contributed by atoms with Crippen molar-refractivity contribution in [2.45, 2.75) is 4.90 Å². The van der Waals surface area contributed by atoms with Gasteiger partial charge in [-0.05, 0) is 18.2 Å². The highest BCUT2D eigenvalue weighted by Gasteiger charge is 2.29. The number of nitrogens with one attached hydrogen (secondary N) is 1. The van der Waals surface area contributed by atoms with E-state index in [1.807, 2.05) is 0 Å². The highest BCUT2D eigenvalue weighted by molar-refractivity contribution is 7.89. The Morgan fingerprint density at radius 3 is 2.76 bits per heavy atom. The van der Waals surface area contributed by atoms with Gasteiger partial charge in [0.2, 0.25) is 15.9 Å². The average Bonchev–Trinajstić information content (AvgIpc) is 2.29. The van der Waals surface area contributed by atoms with E-state index in [4.69, 9.17) is 0 Å². The Morgan fingerprint density at radius 2 is 2.12 bits per heavy atom. The van der Waals surface area contributed by atoms with Crippen molar-refractivity contribution in [3.63, 3.8) is 0 Å². The van der Waals surface area contributed by atoms with Gasteiger partial charge in [0, 0.05) is 13.1 Å². The van der Waals surface area contributed by atoms with Gasteiger partial charge in [-0.25, -0.2) is 12.8 Å². The van der Waals surface area contributed by atoms with Gasteiger partial charge >= 0.3 is 0 Å². The first-order valence-electron chi connectivity index (χ1n) is 5.02. The molecular weight excluding hydrogens is 247 g/mol. The van der Waals surface area contributed by atoms with Gasteiger partial charge in [0.15, 0.2) is 0 Å². The van der Waals surface area contributed by atoms with E-state index < -0.39 is 15.8 Å². The molecule has 17 heavy (non-hydrogen) atoms. The first-order valence-corrected chi connectivity index (χ1v) is 6.46. The fourth-order valence-corrected chi connectivity index (χ4v) is 3.03. The molecule has 0 unspecified atom stereocenters. The Morgan fingerprint density at radius 1 is 1.35 bits per heavy atom. The van der Waals surface area contributed by atoms with Gasteiger partial charge in [-0.15, -0.1) is 0 Å². The molecule has 1 fully saturated rings. The van der Waals surface area contributed by atoms with Crippen LogP contribution in [0.5, 0.6) is 0 Å². The molecule has 0 atom stereocenters. The number of piperazine rings is 1. The summed E-state index contributed by atoms with van der Waals surface area (Å²) in [5.41, 5.74) is 0. The molecule has 0 radical (unpaired) electrons. The van der Waals surface area contributed by atoms with Gasteiger partial charge in [0.1, 0.15) is 5.82 Å². The van der Waals surface area contributed by atoms with Crippen molar-refractivity contribution >= 4 is 15.9 Å². The number of carbonyl (C=O) groups is 1. The second-order valence-electron chi connectivity index (χ2n) is 3.65. The van der Waals surface area contributed by atoms with Crippen molar-refractivity contribution < 1.29 is 17.6 Å². The number of nitrogens with zero attached hydrogens (tertiary/aromatic N) is 1. The molecule has 1 N–H and O–H groups in total. The van der Waals surface area contributed by atoms with Crippen LogP contribution in [-0.4, -0.2) is 38.3 Å². The molecule has 0 aromatic heterocycles. The summed E-state index contributed by atoms with van der Waals surface area (Å²) < 4.78 is 38.1. The quantitative estimate of drug-likeness (QED) is 0.808. The molecule has 1 amide bonds. The van der Waals surface area contributed by atoms with E-state index in [0.717, 1.165) is 10.4 Å². The van der Waals surface area contributed by atoms with Crippen LogP contribution in [0, 0.1) is 5.82 Å². The van der Waals surface area contributed by atoms with Crippen molar-refractivity contribution in [1.82, 2.24) is 9.62 Å². The Kier molecular flexibility index (Phi) is 3.12. The molecule has 7 heteroatoms. The fraction of sp³-hybridized carbons (Fsp3) is 0.300. The van der Waals surface area contributed by atoms with Crippen molar-refractivity contribution in [3.05, 3.63) is 30.1 Å². The molecule has 0 bridgehead atoms. The number of hydrogen-bond donors (Lipinski definition) is 1. The van der Waals surface area contributed by atoms with E-state index in [1.165, 1.54) is 18.2 Å². The number of amides is 1. The van der Waals surface area contributed by atoms with Crippen LogP contribution in [0.15, 0.2) is 29.2 Å². The van der Waals surface area contributed by atoms with E-state index in [9.17, 15) is 17.6 Å². The Balaban J connectivity index is 2.33. The third kappa shape index (κ3) is 2.45. The molecule has 1 aromatic carbocycles. The predicted octanol–water partition coefficient (Wildman–Crippen LogP) is -0.0538. The standard InChI is InChI=1S/C10H11FN2O3S/c11-8-2-1-3-9(6-8)17(15,16)13-5-4-12-10(14)7-13/h1-3,6H,4-5,7H2,(H,12,14). The minimum atomic E-state index is -3.78. The maximum Gasteiger partial charge on any atom is 0.243 e. The van der Waals surface area contributed by atoms with Crippen LogP contribution in [0.1, 0.15) is 0 Å². The fourth-order valence-electron chi connectivity index (χ4n) is 1.60. The largest absolute Gasteiger partial charge is 0.354 e. The number of carbonyl (C=O) groups excluding carboxylic acids is 1. The lowest BCUT2D eigenvalue weighted by molar-refractivity contribution is -0.122. The minimum absolute atomic E-state index is 0.132. The molecule has 0 spiro atoms. The van der Waals surface area contributed by atoms with Gasteiger partial charge in [-0.3, -0.25) is 4.79 Å². The summed E-state index contributed by atoms with van der Waals surface area (Å²) in [7, 11) is -3.78. The normalized spacial score (nSPS) is 17.8. The predicted molar refractivity (Wildman–Crippen MR) is 58.2 cm³/mol. The third-order valence-corrected chi connectivity index (χ3v) is 4.28. The molecule has 1 aliphatic heterocycles. The van der Waals surface area contributed by atoms with Crippen molar-refractivity contribution in [1.29, 1.82) is 0 Å². The molecule has 2 rings (SSSR count). The molecule has 1 aliphatic rings. The van der Waals surface area contributed by atoms with Crippen LogP contribution in [0.3, 0.4) is 0 Å².